The average molecular weight is 481 g/mol. The first-order valence-corrected chi connectivity index (χ1v) is 12.2. The van der Waals surface area contributed by atoms with Crippen molar-refractivity contribution in [3.63, 3.8) is 0 Å². The first-order chi connectivity index (χ1) is 16.9. The zero-order chi connectivity index (χ0) is 25.5. The van der Waals surface area contributed by atoms with E-state index in [2.05, 4.69) is 18.7 Å². The molecule has 7 nitrogen and oxygen atoms in total. The van der Waals surface area contributed by atoms with Gasteiger partial charge in [-0.1, -0.05) is 32.9 Å². The number of benzene rings is 2. The standard InChI is InChI=1S/C28H36N2O5/c1-6-17-35-23-14-11-21(18-19(23)4)26(31)24-25(20-9-12-22(34-5)13-10-20)30(28(33)27(24)32)16-15-29(7-2)8-3/h9-14,18,25,31H,6-8,15-17H2,1-5H3. The predicted octanol–water partition coefficient (Wildman–Crippen LogP) is 4.56. The summed E-state index contributed by atoms with van der Waals surface area (Å²) in [4.78, 5) is 30.2. The van der Waals surface area contributed by atoms with Gasteiger partial charge in [-0.05, 0) is 67.9 Å². The van der Waals surface area contributed by atoms with E-state index >= 15 is 0 Å². The Morgan fingerprint density at radius 1 is 1.06 bits per heavy atom. The molecule has 0 aliphatic carbocycles. The summed E-state index contributed by atoms with van der Waals surface area (Å²) in [5.41, 5.74) is 2.16. The van der Waals surface area contributed by atoms with Crippen molar-refractivity contribution in [3.05, 3.63) is 64.7 Å². The van der Waals surface area contributed by atoms with Crippen molar-refractivity contribution in [3.8, 4) is 11.5 Å². The second-order valence-corrected chi connectivity index (χ2v) is 8.62. The Hall–Kier alpha value is -3.32. The Morgan fingerprint density at radius 2 is 1.74 bits per heavy atom. The van der Waals surface area contributed by atoms with Gasteiger partial charge in [0.15, 0.2) is 0 Å². The van der Waals surface area contributed by atoms with Crippen LogP contribution >= 0.6 is 0 Å². The van der Waals surface area contributed by atoms with E-state index in [1.165, 1.54) is 0 Å². The Labute approximate surface area is 207 Å². The summed E-state index contributed by atoms with van der Waals surface area (Å²) < 4.78 is 11.0. The molecule has 0 bridgehead atoms. The van der Waals surface area contributed by atoms with Crippen LogP contribution in [-0.4, -0.2) is 66.5 Å². The van der Waals surface area contributed by atoms with Crippen LogP contribution in [0.5, 0.6) is 11.5 Å². The molecule has 35 heavy (non-hydrogen) atoms. The van der Waals surface area contributed by atoms with E-state index in [4.69, 9.17) is 9.47 Å². The van der Waals surface area contributed by atoms with E-state index in [-0.39, 0.29) is 11.3 Å². The third kappa shape index (κ3) is 5.68. The third-order valence-electron chi connectivity index (χ3n) is 6.43. The molecular formula is C28H36N2O5. The van der Waals surface area contributed by atoms with Gasteiger partial charge in [-0.25, -0.2) is 0 Å². The Bertz CT molecular complexity index is 1070. The fourth-order valence-corrected chi connectivity index (χ4v) is 4.36. The fraction of sp³-hybridized carbons (Fsp3) is 0.429. The number of aliphatic hydroxyl groups excluding tert-OH is 1. The SMILES string of the molecule is CCCOc1ccc(C(O)=C2C(=O)C(=O)N(CCN(CC)CC)C2c2ccc(OC)cc2)cc1C. The maximum atomic E-state index is 13.2. The van der Waals surface area contributed by atoms with E-state index < -0.39 is 17.7 Å². The molecule has 1 fully saturated rings. The molecule has 1 aliphatic heterocycles. The molecular weight excluding hydrogens is 444 g/mol. The molecule has 0 spiro atoms. The summed E-state index contributed by atoms with van der Waals surface area (Å²) in [6.45, 7) is 11.4. The number of methoxy groups -OCH3 is 1. The number of likely N-dealkylation sites (tertiary alicyclic amines) is 1. The summed E-state index contributed by atoms with van der Waals surface area (Å²) in [6, 6.07) is 11.9. The summed E-state index contributed by atoms with van der Waals surface area (Å²) in [5.74, 6) is -0.0486. The summed E-state index contributed by atoms with van der Waals surface area (Å²) in [6.07, 6.45) is 0.889. The molecule has 0 radical (unpaired) electrons. The number of nitrogens with zero attached hydrogens (tertiary/aromatic N) is 2. The van der Waals surface area contributed by atoms with Gasteiger partial charge in [0.1, 0.15) is 17.3 Å². The van der Waals surface area contributed by atoms with Crippen LogP contribution in [0, 0.1) is 6.92 Å². The fourth-order valence-electron chi connectivity index (χ4n) is 4.36. The Morgan fingerprint density at radius 3 is 2.31 bits per heavy atom. The van der Waals surface area contributed by atoms with Gasteiger partial charge < -0.3 is 24.4 Å². The molecule has 1 aliphatic rings. The van der Waals surface area contributed by atoms with E-state index in [1.807, 2.05) is 26.0 Å². The Kier molecular flexibility index (Phi) is 8.93. The number of ether oxygens (including phenoxy) is 2. The first kappa shape index (κ1) is 26.3. The van der Waals surface area contributed by atoms with Crippen molar-refractivity contribution in [1.29, 1.82) is 0 Å². The molecule has 2 aromatic carbocycles. The molecule has 1 unspecified atom stereocenters. The highest BCUT2D eigenvalue weighted by molar-refractivity contribution is 6.46. The third-order valence-corrected chi connectivity index (χ3v) is 6.43. The largest absolute Gasteiger partial charge is 0.507 e. The molecule has 1 N–H and O–H groups in total. The number of carbonyl (C=O) groups excluding carboxylic acids is 2. The minimum Gasteiger partial charge on any atom is -0.507 e. The molecule has 1 amide bonds. The van der Waals surface area contributed by atoms with Crippen LogP contribution in [-0.2, 0) is 9.59 Å². The predicted molar refractivity (Wildman–Crippen MR) is 137 cm³/mol. The number of amides is 1. The number of rotatable bonds is 11. The Balaban J connectivity index is 2.07. The molecule has 1 atom stereocenters. The molecule has 3 rings (SSSR count). The second-order valence-electron chi connectivity index (χ2n) is 8.62. The van der Waals surface area contributed by atoms with Crippen LogP contribution in [0.3, 0.4) is 0 Å². The van der Waals surface area contributed by atoms with Gasteiger partial charge in [0.25, 0.3) is 11.7 Å². The maximum Gasteiger partial charge on any atom is 0.295 e. The number of aliphatic hydroxyl groups is 1. The van der Waals surface area contributed by atoms with Gasteiger partial charge >= 0.3 is 0 Å². The first-order valence-electron chi connectivity index (χ1n) is 12.2. The lowest BCUT2D eigenvalue weighted by Crippen LogP contribution is -2.38. The monoisotopic (exact) mass is 480 g/mol. The molecule has 1 saturated heterocycles. The molecule has 188 valence electrons. The van der Waals surface area contributed by atoms with Crippen LogP contribution in [0.25, 0.3) is 5.76 Å². The second kappa shape index (κ2) is 11.9. The van der Waals surface area contributed by atoms with Gasteiger partial charge in [0.2, 0.25) is 0 Å². The number of likely N-dealkylation sites (N-methyl/N-ethyl adjacent to an activating group) is 1. The highest BCUT2D eigenvalue weighted by atomic mass is 16.5. The lowest BCUT2D eigenvalue weighted by Gasteiger charge is -2.28. The van der Waals surface area contributed by atoms with Crippen LogP contribution in [0.2, 0.25) is 0 Å². The van der Waals surface area contributed by atoms with Gasteiger partial charge in [-0.2, -0.15) is 0 Å². The van der Waals surface area contributed by atoms with Crippen molar-refractivity contribution >= 4 is 17.4 Å². The average Bonchev–Trinajstić information content (AvgIpc) is 3.13. The van der Waals surface area contributed by atoms with Crippen LogP contribution in [0.15, 0.2) is 48.0 Å². The molecule has 0 aromatic heterocycles. The number of aryl methyl sites for hydroxylation is 1. The maximum absolute atomic E-state index is 13.2. The number of ketones is 1. The normalized spacial score (nSPS) is 17.3. The summed E-state index contributed by atoms with van der Waals surface area (Å²) in [7, 11) is 1.58. The number of carbonyl (C=O) groups is 2. The van der Waals surface area contributed by atoms with Crippen molar-refractivity contribution in [2.75, 3.05) is 39.9 Å². The van der Waals surface area contributed by atoms with Crippen molar-refractivity contribution < 1.29 is 24.2 Å². The minimum absolute atomic E-state index is 0.0985. The molecule has 7 heteroatoms. The smallest absolute Gasteiger partial charge is 0.295 e. The molecule has 1 heterocycles. The summed E-state index contributed by atoms with van der Waals surface area (Å²) >= 11 is 0. The zero-order valence-electron chi connectivity index (χ0n) is 21.3. The van der Waals surface area contributed by atoms with E-state index in [1.54, 1.807) is 42.3 Å². The minimum atomic E-state index is -0.687. The lowest BCUT2D eigenvalue weighted by atomic mass is 9.94. The van der Waals surface area contributed by atoms with Gasteiger partial charge in [-0.15, -0.1) is 0 Å². The summed E-state index contributed by atoms with van der Waals surface area (Å²) in [5, 5.41) is 11.3. The topological polar surface area (TPSA) is 79.3 Å². The number of hydrogen-bond acceptors (Lipinski definition) is 6. The van der Waals surface area contributed by atoms with E-state index in [0.29, 0.717) is 31.0 Å². The van der Waals surface area contributed by atoms with Gasteiger partial charge in [0.05, 0.1) is 25.3 Å². The van der Waals surface area contributed by atoms with Crippen LogP contribution in [0.4, 0.5) is 0 Å². The highest BCUT2D eigenvalue weighted by Crippen LogP contribution is 2.40. The highest BCUT2D eigenvalue weighted by Gasteiger charge is 2.46. The van der Waals surface area contributed by atoms with Gasteiger partial charge in [-0.3, -0.25) is 9.59 Å². The number of hydrogen-bond donors (Lipinski definition) is 1. The van der Waals surface area contributed by atoms with Crippen molar-refractivity contribution in [2.45, 2.75) is 40.2 Å². The quantitative estimate of drug-likeness (QED) is 0.289. The van der Waals surface area contributed by atoms with E-state index in [0.717, 1.165) is 36.4 Å². The van der Waals surface area contributed by atoms with Gasteiger partial charge in [0, 0.05) is 18.7 Å². The molecule has 2 aromatic rings. The van der Waals surface area contributed by atoms with Crippen molar-refractivity contribution in [1.82, 2.24) is 9.80 Å². The van der Waals surface area contributed by atoms with Crippen LogP contribution in [0.1, 0.15) is 49.9 Å². The van der Waals surface area contributed by atoms with Crippen LogP contribution < -0.4 is 9.47 Å². The van der Waals surface area contributed by atoms with E-state index in [9.17, 15) is 14.7 Å². The zero-order valence-corrected chi connectivity index (χ0v) is 21.3. The van der Waals surface area contributed by atoms with Crippen molar-refractivity contribution in [2.24, 2.45) is 0 Å². The number of Topliss-reactive ketones (excluding diaryl/α,β-unsaturated/α-hetero) is 1. The lowest BCUT2D eigenvalue weighted by molar-refractivity contribution is -0.140. The molecule has 0 saturated carbocycles.